The van der Waals surface area contributed by atoms with E-state index >= 15 is 0 Å². The van der Waals surface area contributed by atoms with Gasteiger partial charge >= 0.3 is 0 Å². The number of nitrogens with one attached hydrogen (secondary N) is 2. The SMILES string of the molecule is CCc1nnsc1C(=O)NC1CC(c2cc(=O)[nH]c(C)n2)C1. The Bertz CT molecular complexity index is 748. The quantitative estimate of drug-likeness (QED) is 0.881. The van der Waals surface area contributed by atoms with Gasteiger partial charge in [0.05, 0.1) is 11.4 Å². The maximum Gasteiger partial charge on any atom is 0.265 e. The van der Waals surface area contributed by atoms with Crippen molar-refractivity contribution < 1.29 is 4.79 Å². The van der Waals surface area contributed by atoms with Gasteiger partial charge in [-0.3, -0.25) is 9.59 Å². The van der Waals surface area contributed by atoms with Crippen LogP contribution in [0.25, 0.3) is 0 Å². The standard InChI is InChI=1S/C14H17N5O2S/c1-3-10-13(22-19-18-10)14(21)17-9-4-8(5-9)11-6-12(20)16-7(2)15-11/h6,8-9H,3-5H2,1-2H3,(H,17,21)(H,15,16,20). The molecule has 1 fully saturated rings. The summed E-state index contributed by atoms with van der Waals surface area (Å²) in [6.45, 7) is 3.72. The van der Waals surface area contributed by atoms with E-state index in [-0.39, 0.29) is 23.4 Å². The lowest BCUT2D eigenvalue weighted by Gasteiger charge is -2.35. The Morgan fingerprint density at radius 3 is 2.95 bits per heavy atom. The summed E-state index contributed by atoms with van der Waals surface area (Å²) in [5, 5.41) is 6.95. The number of carbonyl (C=O) groups excluding carboxylic acids is 1. The molecule has 0 radical (unpaired) electrons. The number of aryl methyl sites for hydroxylation is 2. The Kier molecular flexibility index (Phi) is 4.02. The molecule has 3 rings (SSSR count). The summed E-state index contributed by atoms with van der Waals surface area (Å²) in [5.41, 5.74) is 1.42. The van der Waals surface area contributed by atoms with Gasteiger partial charge in [0.25, 0.3) is 11.5 Å². The van der Waals surface area contributed by atoms with Crippen molar-refractivity contribution in [2.45, 2.75) is 45.1 Å². The molecule has 22 heavy (non-hydrogen) atoms. The normalized spacial score (nSPS) is 20.5. The van der Waals surface area contributed by atoms with Gasteiger partial charge in [0.15, 0.2) is 0 Å². The van der Waals surface area contributed by atoms with E-state index in [0.29, 0.717) is 17.1 Å². The average Bonchev–Trinajstić information content (AvgIpc) is 2.89. The fraction of sp³-hybridized carbons (Fsp3) is 0.500. The number of hydrogen-bond acceptors (Lipinski definition) is 6. The van der Waals surface area contributed by atoms with Crippen LogP contribution in [-0.4, -0.2) is 31.5 Å². The molecule has 1 aliphatic rings. The molecule has 0 atom stereocenters. The van der Waals surface area contributed by atoms with Crippen molar-refractivity contribution in [2.24, 2.45) is 0 Å². The number of aromatic nitrogens is 4. The van der Waals surface area contributed by atoms with Crippen molar-refractivity contribution in [1.82, 2.24) is 24.9 Å². The van der Waals surface area contributed by atoms with Gasteiger partial charge in [-0.15, -0.1) is 5.10 Å². The van der Waals surface area contributed by atoms with Crippen LogP contribution in [0.3, 0.4) is 0 Å². The number of rotatable bonds is 4. The van der Waals surface area contributed by atoms with Crippen molar-refractivity contribution in [2.75, 3.05) is 0 Å². The predicted octanol–water partition coefficient (Wildman–Crippen LogP) is 1.17. The maximum atomic E-state index is 12.2. The minimum absolute atomic E-state index is 0.106. The van der Waals surface area contributed by atoms with Gasteiger partial charge < -0.3 is 10.3 Å². The molecule has 1 aliphatic carbocycles. The molecule has 0 aromatic carbocycles. The van der Waals surface area contributed by atoms with Crippen LogP contribution in [0, 0.1) is 6.92 Å². The summed E-state index contributed by atoms with van der Waals surface area (Å²) >= 11 is 1.13. The summed E-state index contributed by atoms with van der Waals surface area (Å²) in [7, 11) is 0. The molecule has 0 spiro atoms. The zero-order valence-electron chi connectivity index (χ0n) is 12.4. The Morgan fingerprint density at radius 1 is 1.50 bits per heavy atom. The first-order valence-electron chi connectivity index (χ1n) is 7.26. The number of hydrogen-bond donors (Lipinski definition) is 2. The van der Waals surface area contributed by atoms with E-state index in [2.05, 4.69) is 24.9 Å². The zero-order chi connectivity index (χ0) is 15.7. The predicted molar refractivity (Wildman–Crippen MR) is 82.1 cm³/mol. The van der Waals surface area contributed by atoms with E-state index in [1.165, 1.54) is 6.07 Å². The molecule has 0 bridgehead atoms. The molecule has 2 heterocycles. The van der Waals surface area contributed by atoms with Crippen LogP contribution >= 0.6 is 11.5 Å². The highest BCUT2D eigenvalue weighted by atomic mass is 32.1. The van der Waals surface area contributed by atoms with Gasteiger partial charge in [-0.05, 0) is 37.7 Å². The van der Waals surface area contributed by atoms with Crippen molar-refractivity contribution >= 4 is 17.4 Å². The van der Waals surface area contributed by atoms with Crippen LogP contribution in [0.1, 0.15) is 52.6 Å². The lowest BCUT2D eigenvalue weighted by Crippen LogP contribution is -2.43. The third-order valence-corrected chi connectivity index (χ3v) is 4.64. The topological polar surface area (TPSA) is 101 Å². The van der Waals surface area contributed by atoms with Crippen molar-refractivity contribution in [3.05, 3.63) is 38.5 Å². The fourth-order valence-electron chi connectivity index (χ4n) is 2.65. The largest absolute Gasteiger partial charge is 0.348 e. The lowest BCUT2D eigenvalue weighted by molar-refractivity contribution is 0.0911. The Balaban J connectivity index is 1.60. The van der Waals surface area contributed by atoms with Gasteiger partial charge in [-0.25, -0.2) is 4.98 Å². The minimum Gasteiger partial charge on any atom is -0.348 e. The molecule has 1 amide bonds. The fourth-order valence-corrected chi connectivity index (χ4v) is 3.31. The summed E-state index contributed by atoms with van der Waals surface area (Å²) in [4.78, 5) is 31.2. The number of nitrogens with zero attached hydrogens (tertiary/aromatic N) is 3. The van der Waals surface area contributed by atoms with E-state index in [9.17, 15) is 9.59 Å². The van der Waals surface area contributed by atoms with Crippen LogP contribution in [0.4, 0.5) is 0 Å². The van der Waals surface area contributed by atoms with Crippen LogP contribution < -0.4 is 10.9 Å². The van der Waals surface area contributed by atoms with Gasteiger partial charge in [0.2, 0.25) is 0 Å². The Labute approximate surface area is 131 Å². The molecule has 0 saturated heterocycles. The second-order valence-electron chi connectivity index (χ2n) is 5.50. The molecule has 8 heteroatoms. The van der Waals surface area contributed by atoms with Crippen LogP contribution in [0.2, 0.25) is 0 Å². The molecular formula is C14H17N5O2S. The third-order valence-electron chi connectivity index (χ3n) is 3.87. The number of amides is 1. The second kappa shape index (κ2) is 5.96. The number of aromatic amines is 1. The molecule has 2 N–H and O–H groups in total. The van der Waals surface area contributed by atoms with Crippen LogP contribution in [-0.2, 0) is 6.42 Å². The maximum absolute atomic E-state index is 12.2. The summed E-state index contributed by atoms with van der Waals surface area (Å²) < 4.78 is 3.83. The first kappa shape index (κ1) is 14.8. The molecule has 2 aromatic heterocycles. The lowest BCUT2D eigenvalue weighted by atomic mass is 9.78. The van der Waals surface area contributed by atoms with E-state index in [1.807, 2.05) is 6.92 Å². The summed E-state index contributed by atoms with van der Waals surface area (Å²) in [6.07, 6.45) is 2.30. The van der Waals surface area contributed by atoms with Crippen molar-refractivity contribution in [1.29, 1.82) is 0 Å². The van der Waals surface area contributed by atoms with Gasteiger partial charge in [0.1, 0.15) is 10.7 Å². The monoisotopic (exact) mass is 319 g/mol. The van der Waals surface area contributed by atoms with E-state index in [0.717, 1.165) is 35.8 Å². The summed E-state index contributed by atoms with van der Waals surface area (Å²) in [5.74, 6) is 0.750. The van der Waals surface area contributed by atoms with Crippen LogP contribution in [0.5, 0.6) is 0 Å². The van der Waals surface area contributed by atoms with Gasteiger partial charge in [-0.1, -0.05) is 11.4 Å². The second-order valence-corrected chi connectivity index (χ2v) is 6.25. The smallest absolute Gasteiger partial charge is 0.265 e. The third kappa shape index (κ3) is 2.92. The molecule has 116 valence electrons. The highest BCUT2D eigenvalue weighted by molar-refractivity contribution is 7.08. The molecule has 0 aliphatic heterocycles. The van der Waals surface area contributed by atoms with E-state index in [1.54, 1.807) is 6.92 Å². The Hall–Kier alpha value is -2.09. The minimum atomic E-state index is -0.127. The first-order chi connectivity index (χ1) is 10.6. The Morgan fingerprint density at radius 2 is 2.27 bits per heavy atom. The highest BCUT2D eigenvalue weighted by Gasteiger charge is 2.33. The van der Waals surface area contributed by atoms with Gasteiger partial charge in [0, 0.05) is 18.0 Å². The average molecular weight is 319 g/mol. The van der Waals surface area contributed by atoms with Gasteiger partial charge in [-0.2, -0.15) is 0 Å². The highest BCUT2D eigenvalue weighted by Crippen LogP contribution is 2.35. The van der Waals surface area contributed by atoms with E-state index < -0.39 is 0 Å². The van der Waals surface area contributed by atoms with Crippen molar-refractivity contribution in [3.63, 3.8) is 0 Å². The molecular weight excluding hydrogens is 302 g/mol. The molecule has 7 nitrogen and oxygen atoms in total. The van der Waals surface area contributed by atoms with E-state index in [4.69, 9.17) is 0 Å². The first-order valence-corrected chi connectivity index (χ1v) is 8.04. The zero-order valence-corrected chi connectivity index (χ0v) is 13.2. The number of H-pyrrole nitrogens is 1. The number of carbonyl (C=O) groups is 1. The molecule has 0 unspecified atom stereocenters. The van der Waals surface area contributed by atoms with Crippen molar-refractivity contribution in [3.8, 4) is 0 Å². The molecule has 1 saturated carbocycles. The molecule has 2 aromatic rings. The van der Waals surface area contributed by atoms with Crippen LogP contribution in [0.15, 0.2) is 10.9 Å². The summed E-state index contributed by atoms with van der Waals surface area (Å²) in [6, 6.07) is 1.66.